The van der Waals surface area contributed by atoms with Gasteiger partial charge in [0.15, 0.2) is 0 Å². The lowest BCUT2D eigenvalue weighted by Gasteiger charge is -2.21. The minimum Gasteiger partial charge on any atom is -0.356 e. The Balaban J connectivity index is 2.14. The van der Waals surface area contributed by atoms with Crippen LogP contribution in [0.15, 0.2) is 18.3 Å². The van der Waals surface area contributed by atoms with Crippen LogP contribution in [0.3, 0.4) is 0 Å². The van der Waals surface area contributed by atoms with E-state index in [4.69, 9.17) is 5.73 Å². The topological polar surface area (TPSA) is 42.2 Å². The fourth-order valence-electron chi connectivity index (χ4n) is 2.40. The standard InChI is InChI=1S/C13H21N3/c1-10(2)12-5-7-16(9-12)13-11(8-14)4-3-6-15-13/h3-4,6,10,12H,5,7-9,14H2,1-2H3. The van der Waals surface area contributed by atoms with Crippen LogP contribution in [-0.2, 0) is 6.54 Å². The first kappa shape index (κ1) is 11.4. The van der Waals surface area contributed by atoms with Gasteiger partial charge in [0.25, 0.3) is 0 Å². The predicted molar refractivity (Wildman–Crippen MR) is 67.3 cm³/mol. The van der Waals surface area contributed by atoms with Crippen molar-refractivity contribution in [2.75, 3.05) is 18.0 Å². The van der Waals surface area contributed by atoms with Gasteiger partial charge in [-0.05, 0) is 24.3 Å². The normalized spacial score (nSPS) is 20.8. The molecule has 2 heterocycles. The number of nitrogens with zero attached hydrogens (tertiary/aromatic N) is 2. The molecule has 1 aliphatic heterocycles. The number of pyridine rings is 1. The van der Waals surface area contributed by atoms with E-state index in [0.29, 0.717) is 6.54 Å². The highest BCUT2D eigenvalue weighted by molar-refractivity contribution is 5.47. The van der Waals surface area contributed by atoms with E-state index in [9.17, 15) is 0 Å². The maximum absolute atomic E-state index is 5.75. The Morgan fingerprint density at radius 1 is 1.56 bits per heavy atom. The van der Waals surface area contributed by atoms with E-state index < -0.39 is 0 Å². The van der Waals surface area contributed by atoms with Crippen LogP contribution in [0.2, 0.25) is 0 Å². The van der Waals surface area contributed by atoms with Crippen LogP contribution in [0.1, 0.15) is 25.8 Å². The zero-order chi connectivity index (χ0) is 11.5. The van der Waals surface area contributed by atoms with Crippen LogP contribution in [0.25, 0.3) is 0 Å². The van der Waals surface area contributed by atoms with Crippen LogP contribution < -0.4 is 10.6 Å². The van der Waals surface area contributed by atoms with Crippen LogP contribution >= 0.6 is 0 Å². The van der Waals surface area contributed by atoms with Gasteiger partial charge in [0, 0.05) is 31.4 Å². The number of rotatable bonds is 3. The zero-order valence-corrected chi connectivity index (χ0v) is 10.2. The number of aromatic nitrogens is 1. The molecule has 1 aliphatic rings. The zero-order valence-electron chi connectivity index (χ0n) is 10.2. The molecule has 1 aromatic rings. The van der Waals surface area contributed by atoms with Crippen molar-refractivity contribution in [3.8, 4) is 0 Å². The highest BCUT2D eigenvalue weighted by Gasteiger charge is 2.26. The van der Waals surface area contributed by atoms with Crippen molar-refractivity contribution >= 4 is 5.82 Å². The molecule has 2 rings (SSSR count). The monoisotopic (exact) mass is 219 g/mol. The fraction of sp³-hybridized carbons (Fsp3) is 0.615. The van der Waals surface area contributed by atoms with Gasteiger partial charge in [0.2, 0.25) is 0 Å². The first-order valence-corrected chi connectivity index (χ1v) is 6.11. The molecule has 1 aromatic heterocycles. The lowest BCUT2D eigenvalue weighted by Crippen LogP contribution is -2.24. The number of hydrogen-bond acceptors (Lipinski definition) is 3. The Kier molecular flexibility index (Phi) is 3.44. The van der Waals surface area contributed by atoms with Gasteiger partial charge in [-0.2, -0.15) is 0 Å². The summed E-state index contributed by atoms with van der Waals surface area (Å²) in [5.41, 5.74) is 6.91. The van der Waals surface area contributed by atoms with Crippen molar-refractivity contribution in [2.45, 2.75) is 26.8 Å². The molecule has 16 heavy (non-hydrogen) atoms. The molecule has 2 N–H and O–H groups in total. The molecule has 88 valence electrons. The van der Waals surface area contributed by atoms with Crippen LogP contribution in [0.4, 0.5) is 5.82 Å². The lowest BCUT2D eigenvalue weighted by atomic mass is 9.95. The molecule has 0 aliphatic carbocycles. The van der Waals surface area contributed by atoms with E-state index in [0.717, 1.165) is 36.3 Å². The van der Waals surface area contributed by atoms with Crippen molar-refractivity contribution in [3.05, 3.63) is 23.9 Å². The second kappa shape index (κ2) is 4.83. The second-order valence-corrected chi connectivity index (χ2v) is 4.93. The molecule has 3 heteroatoms. The third-order valence-corrected chi connectivity index (χ3v) is 3.55. The summed E-state index contributed by atoms with van der Waals surface area (Å²) in [6.07, 6.45) is 3.13. The summed E-state index contributed by atoms with van der Waals surface area (Å²) in [4.78, 5) is 6.85. The molecule has 1 unspecified atom stereocenters. The molecule has 0 amide bonds. The van der Waals surface area contributed by atoms with Gasteiger partial charge >= 0.3 is 0 Å². The third kappa shape index (κ3) is 2.19. The molecular weight excluding hydrogens is 198 g/mol. The smallest absolute Gasteiger partial charge is 0.133 e. The van der Waals surface area contributed by atoms with Gasteiger partial charge in [-0.25, -0.2) is 4.98 Å². The molecule has 1 saturated heterocycles. The maximum Gasteiger partial charge on any atom is 0.133 e. The molecular formula is C13H21N3. The summed E-state index contributed by atoms with van der Waals surface area (Å²) in [5, 5.41) is 0. The number of hydrogen-bond donors (Lipinski definition) is 1. The highest BCUT2D eigenvalue weighted by atomic mass is 15.2. The van der Waals surface area contributed by atoms with E-state index in [-0.39, 0.29) is 0 Å². The Morgan fingerprint density at radius 3 is 3.00 bits per heavy atom. The second-order valence-electron chi connectivity index (χ2n) is 4.93. The summed E-state index contributed by atoms with van der Waals surface area (Å²) >= 11 is 0. The summed E-state index contributed by atoms with van der Waals surface area (Å²) in [6, 6.07) is 4.03. The average Bonchev–Trinajstić information content (AvgIpc) is 2.78. The van der Waals surface area contributed by atoms with E-state index in [1.165, 1.54) is 6.42 Å². The molecule has 3 nitrogen and oxygen atoms in total. The Hall–Kier alpha value is -1.09. The van der Waals surface area contributed by atoms with Gasteiger partial charge in [-0.15, -0.1) is 0 Å². The summed E-state index contributed by atoms with van der Waals surface area (Å²) in [6.45, 7) is 7.42. The summed E-state index contributed by atoms with van der Waals surface area (Å²) < 4.78 is 0. The SMILES string of the molecule is CC(C)C1CCN(c2ncccc2CN)C1. The minimum atomic E-state index is 0.575. The van der Waals surface area contributed by atoms with Gasteiger partial charge in [0.05, 0.1) is 0 Å². The molecule has 0 radical (unpaired) electrons. The Morgan fingerprint density at radius 2 is 2.38 bits per heavy atom. The molecule has 1 atom stereocenters. The number of nitrogens with two attached hydrogens (primary N) is 1. The predicted octanol–water partition coefficient (Wildman–Crippen LogP) is 2.02. The molecule has 0 bridgehead atoms. The third-order valence-electron chi connectivity index (χ3n) is 3.55. The Bertz CT molecular complexity index is 349. The minimum absolute atomic E-state index is 0.575. The first-order chi connectivity index (χ1) is 7.72. The first-order valence-electron chi connectivity index (χ1n) is 6.11. The van der Waals surface area contributed by atoms with Crippen LogP contribution in [-0.4, -0.2) is 18.1 Å². The van der Waals surface area contributed by atoms with Gasteiger partial charge in [-0.3, -0.25) is 0 Å². The van der Waals surface area contributed by atoms with Crippen molar-refractivity contribution in [3.63, 3.8) is 0 Å². The fourth-order valence-corrected chi connectivity index (χ4v) is 2.40. The van der Waals surface area contributed by atoms with Gasteiger partial charge < -0.3 is 10.6 Å². The van der Waals surface area contributed by atoms with E-state index >= 15 is 0 Å². The number of anilines is 1. The lowest BCUT2D eigenvalue weighted by molar-refractivity contribution is 0.422. The molecule has 0 saturated carbocycles. The molecule has 0 spiro atoms. The van der Waals surface area contributed by atoms with Crippen LogP contribution in [0.5, 0.6) is 0 Å². The van der Waals surface area contributed by atoms with Crippen LogP contribution in [0, 0.1) is 11.8 Å². The van der Waals surface area contributed by atoms with Crippen molar-refractivity contribution in [1.82, 2.24) is 4.98 Å². The Labute approximate surface area is 97.7 Å². The van der Waals surface area contributed by atoms with Crippen molar-refractivity contribution in [1.29, 1.82) is 0 Å². The largest absolute Gasteiger partial charge is 0.356 e. The summed E-state index contributed by atoms with van der Waals surface area (Å²) in [5.74, 6) is 2.65. The average molecular weight is 219 g/mol. The van der Waals surface area contributed by atoms with E-state index in [2.05, 4.69) is 29.8 Å². The van der Waals surface area contributed by atoms with Gasteiger partial charge in [0.1, 0.15) is 5.82 Å². The highest BCUT2D eigenvalue weighted by Crippen LogP contribution is 2.28. The van der Waals surface area contributed by atoms with E-state index in [1.54, 1.807) is 0 Å². The molecule has 0 aromatic carbocycles. The van der Waals surface area contributed by atoms with E-state index in [1.807, 2.05) is 12.3 Å². The molecule has 1 fully saturated rings. The van der Waals surface area contributed by atoms with Crippen molar-refractivity contribution < 1.29 is 0 Å². The maximum atomic E-state index is 5.75. The summed E-state index contributed by atoms with van der Waals surface area (Å²) in [7, 11) is 0. The van der Waals surface area contributed by atoms with Gasteiger partial charge in [-0.1, -0.05) is 19.9 Å². The van der Waals surface area contributed by atoms with Crippen molar-refractivity contribution in [2.24, 2.45) is 17.6 Å². The quantitative estimate of drug-likeness (QED) is 0.845.